The van der Waals surface area contributed by atoms with Crippen molar-refractivity contribution in [3.63, 3.8) is 0 Å². The largest absolute Gasteiger partial charge is 0.436 e. The van der Waals surface area contributed by atoms with Crippen molar-refractivity contribution < 1.29 is 9.21 Å². The van der Waals surface area contributed by atoms with Gasteiger partial charge in [-0.15, -0.1) is 0 Å². The molecular weight excluding hydrogens is 358 g/mol. The highest BCUT2D eigenvalue weighted by atomic mass is 32.1. The van der Waals surface area contributed by atoms with Crippen molar-refractivity contribution in [2.24, 2.45) is 0 Å². The number of benzene rings is 2. The third-order valence-corrected chi connectivity index (χ3v) is 4.40. The van der Waals surface area contributed by atoms with Crippen LogP contribution in [0, 0.1) is 0 Å². The molecule has 0 saturated carbocycles. The first kappa shape index (κ1) is 19.0. The fourth-order valence-electron chi connectivity index (χ4n) is 2.70. The average molecular weight is 382 g/mol. The van der Waals surface area contributed by atoms with Gasteiger partial charge in [-0.1, -0.05) is 26.8 Å². The summed E-state index contributed by atoms with van der Waals surface area (Å²) in [5.74, 6) is 0.941. The van der Waals surface area contributed by atoms with Gasteiger partial charge in [0.25, 0.3) is 0 Å². The average Bonchev–Trinajstić information content (AvgIpc) is 3.05. The number of fused-ring (bicyclic) bond motifs is 1. The molecule has 5 nitrogen and oxygen atoms in total. The summed E-state index contributed by atoms with van der Waals surface area (Å²) in [6.45, 7) is 6.26. The quantitative estimate of drug-likeness (QED) is 0.592. The van der Waals surface area contributed by atoms with Crippen LogP contribution >= 0.6 is 12.2 Å². The summed E-state index contributed by atoms with van der Waals surface area (Å²) in [7, 11) is 0. The van der Waals surface area contributed by atoms with Crippen LogP contribution in [0.25, 0.3) is 22.6 Å². The normalized spacial score (nSPS) is 11.0. The highest BCUT2D eigenvalue weighted by molar-refractivity contribution is 7.80. The van der Waals surface area contributed by atoms with E-state index in [0.29, 0.717) is 23.3 Å². The van der Waals surface area contributed by atoms with Gasteiger partial charge in [-0.2, -0.15) is 0 Å². The topological polar surface area (TPSA) is 67.2 Å². The van der Waals surface area contributed by atoms with Crippen molar-refractivity contribution in [3.8, 4) is 11.5 Å². The van der Waals surface area contributed by atoms with Crippen LogP contribution in [0.1, 0.15) is 45.1 Å². The Hall–Kier alpha value is -2.73. The van der Waals surface area contributed by atoms with Gasteiger partial charge in [-0.3, -0.25) is 4.79 Å². The maximum Gasteiger partial charge on any atom is 0.227 e. The lowest BCUT2D eigenvalue weighted by Crippen LogP contribution is -2.33. The van der Waals surface area contributed by atoms with E-state index in [1.165, 1.54) is 5.56 Å². The highest BCUT2D eigenvalue weighted by Gasteiger charge is 2.10. The molecule has 0 unspecified atom stereocenters. The number of oxazole rings is 1. The monoisotopic (exact) mass is 381 g/mol. The fraction of sp³-hybridized carbons (Fsp3) is 0.286. The van der Waals surface area contributed by atoms with E-state index in [1.54, 1.807) is 0 Å². The lowest BCUT2D eigenvalue weighted by Gasteiger charge is -2.09. The van der Waals surface area contributed by atoms with Gasteiger partial charge in [0.15, 0.2) is 10.7 Å². The number of carbonyl (C=O) groups is 1. The van der Waals surface area contributed by atoms with Gasteiger partial charge in [0.1, 0.15) is 5.52 Å². The van der Waals surface area contributed by atoms with Crippen molar-refractivity contribution in [1.29, 1.82) is 0 Å². The molecule has 1 amide bonds. The smallest absolute Gasteiger partial charge is 0.227 e. The molecule has 0 saturated heterocycles. The zero-order valence-corrected chi connectivity index (χ0v) is 16.5. The minimum absolute atomic E-state index is 0.0844. The first-order chi connectivity index (χ1) is 13.0. The van der Waals surface area contributed by atoms with E-state index in [9.17, 15) is 4.79 Å². The van der Waals surface area contributed by atoms with E-state index in [0.717, 1.165) is 28.8 Å². The van der Waals surface area contributed by atoms with Gasteiger partial charge in [-0.05, 0) is 66.5 Å². The third-order valence-electron chi connectivity index (χ3n) is 4.20. The van der Waals surface area contributed by atoms with Crippen LogP contribution in [0.5, 0.6) is 0 Å². The minimum atomic E-state index is -0.0844. The van der Waals surface area contributed by atoms with E-state index >= 15 is 0 Å². The first-order valence-corrected chi connectivity index (χ1v) is 9.49. The Morgan fingerprint density at radius 3 is 2.59 bits per heavy atom. The van der Waals surface area contributed by atoms with Gasteiger partial charge in [0, 0.05) is 17.7 Å². The number of aromatic nitrogens is 1. The van der Waals surface area contributed by atoms with Gasteiger partial charge in [-0.25, -0.2) is 4.98 Å². The Morgan fingerprint density at radius 1 is 1.19 bits per heavy atom. The molecule has 0 spiro atoms. The molecule has 3 aromatic rings. The van der Waals surface area contributed by atoms with Gasteiger partial charge < -0.3 is 15.1 Å². The number of rotatable bonds is 5. The summed E-state index contributed by atoms with van der Waals surface area (Å²) in [5, 5.41) is 5.96. The molecule has 3 rings (SSSR count). The summed E-state index contributed by atoms with van der Waals surface area (Å²) in [5.41, 5.74) is 4.54. The standard InChI is InChI=1S/C21H23N3O2S/c1-4-5-19(25)24-21(27)22-16-9-6-14(7-10-16)20-23-17-12-15(13(2)3)8-11-18(17)26-20/h6-13H,4-5H2,1-3H3,(H2,22,24,25,27). The number of hydrogen-bond donors (Lipinski definition) is 2. The van der Waals surface area contributed by atoms with Crippen LogP contribution < -0.4 is 10.6 Å². The molecule has 0 radical (unpaired) electrons. The van der Waals surface area contributed by atoms with E-state index < -0.39 is 0 Å². The van der Waals surface area contributed by atoms with E-state index in [-0.39, 0.29) is 5.91 Å². The molecule has 6 heteroatoms. The molecule has 2 aromatic carbocycles. The van der Waals surface area contributed by atoms with E-state index in [4.69, 9.17) is 16.6 Å². The summed E-state index contributed by atoms with van der Waals surface area (Å²) in [6.07, 6.45) is 1.24. The van der Waals surface area contributed by atoms with Crippen molar-refractivity contribution in [3.05, 3.63) is 48.0 Å². The zero-order valence-electron chi connectivity index (χ0n) is 15.7. The molecule has 0 aliphatic rings. The Labute approximate surface area is 164 Å². The number of nitrogens with one attached hydrogen (secondary N) is 2. The number of hydrogen-bond acceptors (Lipinski definition) is 4. The lowest BCUT2D eigenvalue weighted by molar-refractivity contribution is -0.119. The van der Waals surface area contributed by atoms with Crippen molar-refractivity contribution in [2.45, 2.75) is 39.5 Å². The van der Waals surface area contributed by atoms with E-state index in [2.05, 4.69) is 41.6 Å². The van der Waals surface area contributed by atoms with Crippen molar-refractivity contribution >= 4 is 40.0 Å². The molecule has 0 atom stereocenters. The molecular formula is C21H23N3O2S. The van der Waals surface area contributed by atoms with Crippen LogP contribution in [0.2, 0.25) is 0 Å². The zero-order chi connectivity index (χ0) is 19.4. The Kier molecular flexibility index (Phi) is 5.86. The molecule has 1 aromatic heterocycles. The Morgan fingerprint density at radius 2 is 1.93 bits per heavy atom. The van der Waals surface area contributed by atoms with Crippen molar-refractivity contribution in [2.75, 3.05) is 5.32 Å². The summed E-state index contributed by atoms with van der Waals surface area (Å²) in [4.78, 5) is 16.2. The van der Waals surface area contributed by atoms with Gasteiger partial charge in [0.2, 0.25) is 11.8 Å². The van der Waals surface area contributed by atoms with Crippen LogP contribution in [-0.2, 0) is 4.79 Å². The number of anilines is 1. The Balaban J connectivity index is 1.72. The number of carbonyl (C=O) groups excluding carboxylic acids is 1. The van der Waals surface area contributed by atoms with Gasteiger partial charge >= 0.3 is 0 Å². The molecule has 27 heavy (non-hydrogen) atoms. The molecule has 140 valence electrons. The second-order valence-electron chi connectivity index (χ2n) is 6.73. The second-order valence-corrected chi connectivity index (χ2v) is 7.14. The lowest BCUT2D eigenvalue weighted by atomic mass is 10.0. The molecule has 0 fully saturated rings. The minimum Gasteiger partial charge on any atom is -0.436 e. The number of amides is 1. The Bertz CT molecular complexity index is 961. The molecule has 2 N–H and O–H groups in total. The molecule has 1 heterocycles. The summed E-state index contributed by atoms with van der Waals surface area (Å²) < 4.78 is 5.88. The summed E-state index contributed by atoms with van der Waals surface area (Å²) >= 11 is 5.16. The van der Waals surface area contributed by atoms with E-state index in [1.807, 2.05) is 37.3 Å². The fourth-order valence-corrected chi connectivity index (χ4v) is 2.93. The number of nitrogens with zero attached hydrogens (tertiary/aromatic N) is 1. The van der Waals surface area contributed by atoms with Crippen molar-refractivity contribution in [1.82, 2.24) is 10.3 Å². The third kappa shape index (κ3) is 4.71. The maximum absolute atomic E-state index is 11.6. The van der Waals surface area contributed by atoms with Crippen LogP contribution in [-0.4, -0.2) is 16.0 Å². The van der Waals surface area contributed by atoms with Crippen LogP contribution in [0.3, 0.4) is 0 Å². The molecule has 0 aliphatic heterocycles. The molecule has 0 bridgehead atoms. The van der Waals surface area contributed by atoms with Crippen LogP contribution in [0.4, 0.5) is 5.69 Å². The highest BCUT2D eigenvalue weighted by Crippen LogP contribution is 2.27. The maximum atomic E-state index is 11.6. The second kappa shape index (κ2) is 8.31. The van der Waals surface area contributed by atoms with Gasteiger partial charge in [0.05, 0.1) is 0 Å². The molecule has 0 aliphatic carbocycles. The summed E-state index contributed by atoms with van der Waals surface area (Å²) in [6, 6.07) is 13.7. The number of thiocarbonyl (C=S) groups is 1. The van der Waals surface area contributed by atoms with Crippen LogP contribution in [0.15, 0.2) is 46.9 Å². The first-order valence-electron chi connectivity index (χ1n) is 9.08. The SMILES string of the molecule is CCCC(=O)NC(=S)Nc1ccc(-c2nc3cc(C(C)C)ccc3o2)cc1. The predicted octanol–water partition coefficient (Wildman–Crippen LogP) is 5.23. The predicted molar refractivity (Wildman–Crippen MR) is 113 cm³/mol.